The molecule has 0 aromatic rings. The Bertz CT molecular complexity index is 533. The lowest BCUT2D eigenvalue weighted by molar-refractivity contribution is 0.139. The van der Waals surface area contributed by atoms with Gasteiger partial charge in [0.2, 0.25) is 0 Å². The summed E-state index contributed by atoms with van der Waals surface area (Å²) < 4.78 is 0. The Hall–Kier alpha value is -0.640. The predicted octanol–water partition coefficient (Wildman–Crippen LogP) is 5.72. The quantitative estimate of drug-likeness (QED) is 0.341. The van der Waals surface area contributed by atoms with E-state index in [0.717, 1.165) is 32.2 Å². The highest BCUT2D eigenvalue weighted by atomic mass is 16.3. The first-order chi connectivity index (χ1) is 13.7. The molecular formula is C26H47NO2. The van der Waals surface area contributed by atoms with E-state index in [1.807, 2.05) is 6.08 Å². The molecule has 2 N–H and O–H groups in total. The van der Waals surface area contributed by atoms with Crippen LogP contribution in [0.4, 0.5) is 0 Å². The SMILES string of the molecule is CCCCC[C@H](O)C=C[C@@H]1[C@H]2CC(=CCCCCN(C)C(C)(C)C)C[C@H]2C[C@H]1O. The first-order valence-electron chi connectivity index (χ1n) is 12.2. The van der Waals surface area contributed by atoms with E-state index in [9.17, 15) is 10.2 Å². The minimum Gasteiger partial charge on any atom is -0.392 e. The van der Waals surface area contributed by atoms with E-state index < -0.39 is 0 Å². The Balaban J connectivity index is 1.75. The molecule has 0 bridgehead atoms. The lowest BCUT2D eigenvalue weighted by Crippen LogP contribution is -2.38. The molecular weight excluding hydrogens is 358 g/mol. The van der Waals surface area contributed by atoms with Crippen molar-refractivity contribution in [3.8, 4) is 0 Å². The lowest BCUT2D eigenvalue weighted by Gasteiger charge is -2.31. The second kappa shape index (κ2) is 11.7. The molecule has 0 heterocycles. The maximum absolute atomic E-state index is 10.5. The van der Waals surface area contributed by atoms with Crippen LogP contribution in [0.1, 0.15) is 91.9 Å². The first-order valence-corrected chi connectivity index (χ1v) is 12.2. The average molecular weight is 406 g/mol. The summed E-state index contributed by atoms with van der Waals surface area (Å²) in [5.41, 5.74) is 1.87. The number of aliphatic hydroxyl groups is 2. The van der Waals surface area contributed by atoms with Crippen molar-refractivity contribution in [1.82, 2.24) is 4.90 Å². The number of allylic oxidation sites excluding steroid dienone is 2. The summed E-state index contributed by atoms with van der Waals surface area (Å²) in [6, 6.07) is 0. The molecule has 2 rings (SSSR count). The van der Waals surface area contributed by atoms with E-state index >= 15 is 0 Å². The fourth-order valence-corrected chi connectivity index (χ4v) is 5.03. The molecule has 2 aliphatic carbocycles. The highest BCUT2D eigenvalue weighted by molar-refractivity contribution is 5.18. The van der Waals surface area contributed by atoms with E-state index in [1.165, 1.54) is 38.5 Å². The van der Waals surface area contributed by atoms with Gasteiger partial charge in [0, 0.05) is 11.5 Å². The van der Waals surface area contributed by atoms with Crippen molar-refractivity contribution >= 4 is 0 Å². The smallest absolute Gasteiger partial charge is 0.0721 e. The Morgan fingerprint density at radius 2 is 1.90 bits per heavy atom. The zero-order valence-corrected chi connectivity index (χ0v) is 19.7. The summed E-state index contributed by atoms with van der Waals surface area (Å²) in [6.07, 6.45) is 17.2. The molecule has 2 aliphatic rings. The number of nitrogens with zero attached hydrogens (tertiary/aromatic N) is 1. The maximum Gasteiger partial charge on any atom is 0.0721 e. The summed E-state index contributed by atoms with van der Waals surface area (Å²) in [5.74, 6) is 1.43. The van der Waals surface area contributed by atoms with Gasteiger partial charge in [-0.3, -0.25) is 0 Å². The fraction of sp³-hybridized carbons (Fsp3) is 0.846. The summed E-state index contributed by atoms with van der Waals surface area (Å²) in [6.45, 7) is 10.2. The van der Waals surface area contributed by atoms with Gasteiger partial charge in [-0.05, 0) is 91.1 Å². The molecule has 0 aliphatic heterocycles. The zero-order valence-electron chi connectivity index (χ0n) is 19.7. The van der Waals surface area contributed by atoms with Gasteiger partial charge in [0.15, 0.2) is 0 Å². The van der Waals surface area contributed by atoms with Crippen LogP contribution in [0.25, 0.3) is 0 Å². The van der Waals surface area contributed by atoms with Crippen LogP contribution in [0, 0.1) is 17.8 Å². The molecule has 168 valence electrons. The summed E-state index contributed by atoms with van der Waals surface area (Å²) in [7, 11) is 2.22. The second-order valence-electron chi connectivity index (χ2n) is 10.6. The van der Waals surface area contributed by atoms with Crippen LogP contribution in [0.2, 0.25) is 0 Å². The second-order valence-corrected chi connectivity index (χ2v) is 10.6. The van der Waals surface area contributed by atoms with Crippen molar-refractivity contribution < 1.29 is 10.2 Å². The highest BCUT2D eigenvalue weighted by Gasteiger charge is 2.44. The third-order valence-electron chi connectivity index (χ3n) is 7.30. The third kappa shape index (κ3) is 7.84. The predicted molar refractivity (Wildman–Crippen MR) is 124 cm³/mol. The Morgan fingerprint density at radius 1 is 1.14 bits per heavy atom. The zero-order chi connectivity index (χ0) is 21.4. The number of rotatable bonds is 11. The molecule has 0 amide bonds. The van der Waals surface area contributed by atoms with E-state index in [0.29, 0.717) is 11.8 Å². The normalized spacial score (nSPS) is 30.0. The number of hydrogen-bond acceptors (Lipinski definition) is 3. The third-order valence-corrected chi connectivity index (χ3v) is 7.30. The minimum absolute atomic E-state index is 0.224. The van der Waals surface area contributed by atoms with Crippen molar-refractivity contribution in [2.24, 2.45) is 17.8 Å². The van der Waals surface area contributed by atoms with Crippen molar-refractivity contribution in [3.63, 3.8) is 0 Å². The van der Waals surface area contributed by atoms with Crippen molar-refractivity contribution in [1.29, 1.82) is 0 Å². The average Bonchev–Trinajstić information content (AvgIpc) is 3.15. The van der Waals surface area contributed by atoms with Crippen molar-refractivity contribution in [2.45, 2.75) is 110 Å². The van der Waals surface area contributed by atoms with Crippen LogP contribution in [-0.2, 0) is 0 Å². The van der Waals surface area contributed by atoms with Crippen LogP contribution in [-0.4, -0.2) is 46.5 Å². The van der Waals surface area contributed by atoms with E-state index in [1.54, 1.807) is 5.57 Å². The fourth-order valence-electron chi connectivity index (χ4n) is 5.03. The molecule has 29 heavy (non-hydrogen) atoms. The molecule has 3 nitrogen and oxygen atoms in total. The highest BCUT2D eigenvalue weighted by Crippen LogP contribution is 2.50. The standard InChI is InChI=1S/C26H47NO2/c1-6-7-9-13-22(28)14-15-23-24-18-20(17-21(24)19-25(23)29)12-10-8-11-16-27(5)26(2,3)4/h12,14-15,21-25,28-29H,6-11,13,16-19H2,1-5H3/t21-,22-,23+,24-,25+/m0/s1. The molecule has 0 aromatic carbocycles. The maximum atomic E-state index is 10.5. The topological polar surface area (TPSA) is 43.7 Å². The van der Waals surface area contributed by atoms with Crippen LogP contribution in [0.15, 0.2) is 23.8 Å². The van der Waals surface area contributed by atoms with Crippen LogP contribution in [0.3, 0.4) is 0 Å². The molecule has 0 unspecified atom stereocenters. The summed E-state index contributed by atoms with van der Waals surface area (Å²) >= 11 is 0. The monoisotopic (exact) mass is 405 g/mol. The largest absolute Gasteiger partial charge is 0.392 e. The van der Waals surface area contributed by atoms with Gasteiger partial charge in [-0.15, -0.1) is 0 Å². The molecule has 2 saturated carbocycles. The summed E-state index contributed by atoms with van der Waals surface area (Å²) in [4.78, 5) is 2.44. The molecule has 3 heteroatoms. The molecule has 2 fully saturated rings. The number of hydrogen-bond donors (Lipinski definition) is 2. The Labute approximate surface area is 180 Å². The van der Waals surface area contributed by atoms with E-state index in [2.05, 4.69) is 51.8 Å². The van der Waals surface area contributed by atoms with Gasteiger partial charge >= 0.3 is 0 Å². The van der Waals surface area contributed by atoms with Gasteiger partial charge in [-0.2, -0.15) is 0 Å². The summed E-state index contributed by atoms with van der Waals surface area (Å²) in [5, 5.41) is 20.7. The van der Waals surface area contributed by atoms with E-state index in [4.69, 9.17) is 0 Å². The Kier molecular flexibility index (Phi) is 9.91. The molecule has 0 saturated heterocycles. The van der Waals surface area contributed by atoms with Gasteiger partial charge in [0.1, 0.15) is 0 Å². The molecule has 0 spiro atoms. The lowest BCUT2D eigenvalue weighted by atomic mass is 9.90. The number of unbranched alkanes of at least 4 members (excludes halogenated alkanes) is 4. The number of aliphatic hydroxyl groups excluding tert-OH is 2. The minimum atomic E-state index is -0.351. The van der Waals surface area contributed by atoms with Crippen LogP contribution in [0.5, 0.6) is 0 Å². The van der Waals surface area contributed by atoms with Gasteiger partial charge in [-0.25, -0.2) is 0 Å². The van der Waals surface area contributed by atoms with Gasteiger partial charge < -0.3 is 15.1 Å². The molecule has 0 aromatic heterocycles. The molecule has 5 atom stereocenters. The van der Waals surface area contributed by atoms with Crippen molar-refractivity contribution in [2.75, 3.05) is 13.6 Å². The number of fused-ring (bicyclic) bond motifs is 1. The van der Waals surface area contributed by atoms with E-state index in [-0.39, 0.29) is 23.7 Å². The van der Waals surface area contributed by atoms with Crippen LogP contribution >= 0.6 is 0 Å². The van der Waals surface area contributed by atoms with Crippen molar-refractivity contribution in [3.05, 3.63) is 23.8 Å². The van der Waals surface area contributed by atoms with Crippen LogP contribution < -0.4 is 0 Å². The van der Waals surface area contributed by atoms with Gasteiger partial charge in [0.05, 0.1) is 12.2 Å². The Morgan fingerprint density at radius 3 is 2.59 bits per heavy atom. The van der Waals surface area contributed by atoms with Gasteiger partial charge in [0.25, 0.3) is 0 Å². The van der Waals surface area contributed by atoms with Gasteiger partial charge in [-0.1, -0.05) is 50.0 Å². The first kappa shape index (κ1) is 24.6. The molecule has 0 radical (unpaired) electrons.